The second kappa shape index (κ2) is 7.82. The Hall–Kier alpha value is -0.420. The van der Waals surface area contributed by atoms with Crippen LogP contribution in [0.3, 0.4) is 0 Å². The highest BCUT2D eigenvalue weighted by atomic mass is 32.2. The minimum absolute atomic E-state index is 0.0152. The predicted octanol–water partition coefficient (Wildman–Crippen LogP) is 1.24. The highest BCUT2D eigenvalue weighted by molar-refractivity contribution is 7.85. The Morgan fingerprint density at radius 2 is 2.00 bits per heavy atom. The van der Waals surface area contributed by atoms with Gasteiger partial charge >= 0.3 is 5.97 Å². The Balaban J connectivity index is 2.18. The summed E-state index contributed by atoms with van der Waals surface area (Å²) >= 11 is 0. The van der Waals surface area contributed by atoms with Crippen molar-refractivity contribution >= 4 is 16.8 Å². The molecule has 0 bridgehead atoms. The molecular weight excluding hydrogens is 240 g/mol. The number of esters is 1. The fourth-order valence-corrected chi connectivity index (χ4v) is 2.92. The summed E-state index contributed by atoms with van der Waals surface area (Å²) in [6, 6.07) is 0. The lowest BCUT2D eigenvalue weighted by Crippen LogP contribution is -2.26. The van der Waals surface area contributed by atoms with Crippen LogP contribution in [-0.2, 0) is 20.3 Å². The van der Waals surface area contributed by atoms with Crippen molar-refractivity contribution in [3.05, 3.63) is 0 Å². The first-order valence-corrected chi connectivity index (χ1v) is 7.76. The Morgan fingerprint density at radius 1 is 1.35 bits per heavy atom. The van der Waals surface area contributed by atoms with Crippen LogP contribution in [0.5, 0.6) is 0 Å². The molecule has 1 saturated carbocycles. The molecule has 0 aromatic heterocycles. The van der Waals surface area contributed by atoms with Crippen molar-refractivity contribution in [1.82, 2.24) is 0 Å². The van der Waals surface area contributed by atoms with E-state index in [9.17, 15) is 9.00 Å². The van der Waals surface area contributed by atoms with E-state index in [0.717, 1.165) is 31.6 Å². The van der Waals surface area contributed by atoms with Gasteiger partial charge in [0.1, 0.15) is 11.9 Å². The number of hydrogen-bond acceptors (Lipinski definition) is 4. The van der Waals surface area contributed by atoms with E-state index < -0.39 is 10.8 Å². The van der Waals surface area contributed by atoms with Crippen molar-refractivity contribution in [2.45, 2.75) is 45.1 Å². The minimum Gasteiger partial charge on any atom is -0.462 e. The summed E-state index contributed by atoms with van der Waals surface area (Å²) in [6.07, 6.45) is 4.55. The van der Waals surface area contributed by atoms with Crippen LogP contribution in [0.4, 0.5) is 0 Å². The molecular formula is C12H22O4S. The van der Waals surface area contributed by atoms with Gasteiger partial charge in [-0.1, -0.05) is 6.92 Å². The molecule has 1 aliphatic rings. The average Bonchev–Trinajstić information content (AvgIpc) is 2.29. The second-order valence-electron chi connectivity index (χ2n) is 4.74. The van der Waals surface area contributed by atoms with Crippen LogP contribution >= 0.6 is 0 Å². The molecule has 1 fully saturated rings. The third-order valence-corrected chi connectivity index (χ3v) is 4.37. The van der Waals surface area contributed by atoms with Gasteiger partial charge in [0.15, 0.2) is 0 Å². The zero-order valence-electron chi connectivity index (χ0n) is 10.4. The summed E-state index contributed by atoms with van der Waals surface area (Å²) in [6.45, 7) is 2.23. The maximum absolute atomic E-state index is 11.5. The van der Waals surface area contributed by atoms with Crippen molar-refractivity contribution in [3.63, 3.8) is 0 Å². The van der Waals surface area contributed by atoms with Gasteiger partial charge in [-0.25, -0.2) is 0 Å². The summed E-state index contributed by atoms with van der Waals surface area (Å²) in [5, 5.41) is 8.58. The van der Waals surface area contributed by atoms with Gasteiger partial charge in [0.2, 0.25) is 0 Å². The van der Waals surface area contributed by atoms with E-state index >= 15 is 0 Å². The molecule has 0 radical (unpaired) electrons. The molecule has 0 heterocycles. The van der Waals surface area contributed by atoms with Gasteiger partial charge in [-0.15, -0.1) is 0 Å². The first kappa shape index (κ1) is 14.6. The van der Waals surface area contributed by atoms with Crippen LogP contribution in [0.15, 0.2) is 0 Å². The lowest BCUT2D eigenvalue weighted by molar-refractivity contribution is -0.147. The summed E-state index contributed by atoms with van der Waals surface area (Å²) in [5.74, 6) is 0.698. The summed E-state index contributed by atoms with van der Waals surface area (Å²) in [5.41, 5.74) is 0. The van der Waals surface area contributed by atoms with E-state index in [-0.39, 0.29) is 24.4 Å². The highest BCUT2D eigenvalue weighted by Gasteiger charge is 2.22. The lowest BCUT2D eigenvalue weighted by atomic mass is 9.89. The van der Waals surface area contributed by atoms with Crippen molar-refractivity contribution < 1.29 is 18.8 Å². The SMILES string of the molecule is CC1CCC(OC(=O)CS(=O)CCCO)CC1. The molecule has 5 heteroatoms. The van der Waals surface area contributed by atoms with Gasteiger partial charge in [-0.3, -0.25) is 9.00 Å². The molecule has 0 spiro atoms. The fourth-order valence-electron chi connectivity index (χ4n) is 2.00. The maximum atomic E-state index is 11.5. The molecule has 0 aromatic carbocycles. The van der Waals surface area contributed by atoms with Gasteiger partial charge in [0.25, 0.3) is 0 Å². The Morgan fingerprint density at radius 3 is 2.59 bits per heavy atom. The number of aliphatic hydroxyl groups is 1. The summed E-state index contributed by atoms with van der Waals surface area (Å²) in [4.78, 5) is 11.5. The topological polar surface area (TPSA) is 63.6 Å². The Bertz CT molecular complexity index is 259. The van der Waals surface area contributed by atoms with Crippen LogP contribution in [0.25, 0.3) is 0 Å². The Kier molecular flexibility index (Phi) is 6.73. The molecule has 0 aliphatic heterocycles. The molecule has 0 aromatic rings. The monoisotopic (exact) mass is 262 g/mol. The van der Waals surface area contributed by atoms with Crippen LogP contribution in [-0.4, -0.2) is 39.5 Å². The fraction of sp³-hybridized carbons (Fsp3) is 0.917. The molecule has 1 aliphatic carbocycles. The van der Waals surface area contributed by atoms with Crippen molar-refractivity contribution in [2.24, 2.45) is 5.92 Å². The first-order valence-electron chi connectivity index (χ1n) is 6.27. The quantitative estimate of drug-likeness (QED) is 0.732. The number of hydrogen-bond donors (Lipinski definition) is 1. The molecule has 1 rings (SSSR count). The van der Waals surface area contributed by atoms with Crippen LogP contribution in [0.2, 0.25) is 0 Å². The normalized spacial score (nSPS) is 26.5. The molecule has 1 atom stereocenters. The van der Waals surface area contributed by atoms with E-state index in [2.05, 4.69) is 6.92 Å². The molecule has 100 valence electrons. The standard InChI is InChI=1S/C12H22O4S/c1-10-3-5-11(6-4-10)16-12(14)9-17(15)8-2-7-13/h10-11,13H,2-9H2,1H3. The van der Waals surface area contributed by atoms with E-state index in [1.54, 1.807) is 0 Å². The van der Waals surface area contributed by atoms with Gasteiger partial charge in [0.05, 0.1) is 0 Å². The number of carbonyl (C=O) groups excluding carboxylic acids is 1. The third-order valence-electron chi connectivity index (χ3n) is 3.07. The van der Waals surface area contributed by atoms with Crippen molar-refractivity contribution in [1.29, 1.82) is 0 Å². The molecule has 17 heavy (non-hydrogen) atoms. The zero-order valence-corrected chi connectivity index (χ0v) is 11.2. The Labute approximate surface area is 105 Å². The summed E-state index contributed by atoms with van der Waals surface area (Å²) in [7, 11) is -1.20. The van der Waals surface area contributed by atoms with E-state index in [0.29, 0.717) is 12.2 Å². The molecule has 0 amide bonds. The second-order valence-corrected chi connectivity index (χ2v) is 6.31. The largest absolute Gasteiger partial charge is 0.462 e. The summed E-state index contributed by atoms with van der Waals surface area (Å²) < 4.78 is 16.7. The third kappa shape index (κ3) is 6.17. The molecule has 0 saturated heterocycles. The predicted molar refractivity (Wildman–Crippen MR) is 67.1 cm³/mol. The lowest BCUT2D eigenvalue weighted by Gasteiger charge is -2.25. The number of ether oxygens (including phenoxy) is 1. The average molecular weight is 262 g/mol. The maximum Gasteiger partial charge on any atom is 0.318 e. The van der Waals surface area contributed by atoms with E-state index in [1.807, 2.05) is 0 Å². The first-order chi connectivity index (χ1) is 8.11. The van der Waals surface area contributed by atoms with E-state index in [1.165, 1.54) is 0 Å². The van der Waals surface area contributed by atoms with Gasteiger partial charge in [0, 0.05) is 23.2 Å². The van der Waals surface area contributed by atoms with Crippen LogP contribution in [0, 0.1) is 5.92 Å². The molecule has 4 nitrogen and oxygen atoms in total. The van der Waals surface area contributed by atoms with Gasteiger partial charge in [-0.2, -0.15) is 0 Å². The smallest absolute Gasteiger partial charge is 0.318 e. The van der Waals surface area contributed by atoms with Gasteiger partial charge in [-0.05, 0) is 38.0 Å². The van der Waals surface area contributed by atoms with Crippen LogP contribution in [0.1, 0.15) is 39.0 Å². The molecule has 1 unspecified atom stereocenters. The van der Waals surface area contributed by atoms with Gasteiger partial charge < -0.3 is 9.84 Å². The zero-order chi connectivity index (χ0) is 12.7. The number of rotatable bonds is 6. The van der Waals surface area contributed by atoms with Crippen molar-refractivity contribution in [2.75, 3.05) is 18.1 Å². The highest BCUT2D eigenvalue weighted by Crippen LogP contribution is 2.25. The minimum atomic E-state index is -1.20. The van der Waals surface area contributed by atoms with Crippen LogP contribution < -0.4 is 0 Å². The van der Waals surface area contributed by atoms with E-state index in [4.69, 9.17) is 9.84 Å². The van der Waals surface area contributed by atoms with Crippen molar-refractivity contribution in [3.8, 4) is 0 Å². The number of aliphatic hydroxyl groups excluding tert-OH is 1. The number of carbonyl (C=O) groups is 1. The molecule has 1 N–H and O–H groups in total.